The number of rotatable bonds is 3. The summed E-state index contributed by atoms with van der Waals surface area (Å²) < 4.78 is 28.1. The highest BCUT2D eigenvalue weighted by Crippen LogP contribution is 2.25. The first-order valence-electron chi connectivity index (χ1n) is 8.98. The molecule has 2 aromatic heterocycles. The highest BCUT2D eigenvalue weighted by molar-refractivity contribution is 5.88. The lowest BCUT2D eigenvalue weighted by atomic mass is 10.1. The van der Waals surface area contributed by atoms with Crippen LogP contribution in [0.15, 0.2) is 48.8 Å². The Labute approximate surface area is 165 Å². The van der Waals surface area contributed by atoms with Crippen LogP contribution in [-0.4, -0.2) is 57.3 Å². The Bertz CT molecular complexity index is 990. The number of nitrogens with zero attached hydrogens (tertiary/aromatic N) is 6. The van der Waals surface area contributed by atoms with E-state index in [4.69, 9.17) is 0 Å². The van der Waals surface area contributed by atoms with Crippen molar-refractivity contribution in [2.24, 2.45) is 0 Å². The first-order valence-corrected chi connectivity index (χ1v) is 8.98. The van der Waals surface area contributed by atoms with Crippen molar-refractivity contribution in [2.75, 3.05) is 36.4 Å². The number of hydrogen-bond acceptors (Lipinski definition) is 6. The van der Waals surface area contributed by atoms with Crippen LogP contribution in [0.5, 0.6) is 0 Å². The fourth-order valence-electron chi connectivity index (χ4n) is 3.05. The van der Waals surface area contributed by atoms with E-state index in [1.54, 1.807) is 17.0 Å². The molecule has 2 amide bonds. The summed E-state index contributed by atoms with van der Waals surface area (Å²) in [6.07, 6.45) is 2.99. The van der Waals surface area contributed by atoms with Crippen LogP contribution >= 0.6 is 0 Å². The molecule has 1 aliphatic rings. The summed E-state index contributed by atoms with van der Waals surface area (Å²) in [5, 5.41) is 10.2. The van der Waals surface area contributed by atoms with Crippen molar-refractivity contribution in [3.63, 3.8) is 0 Å². The third-order valence-electron chi connectivity index (χ3n) is 4.52. The normalized spacial score (nSPS) is 14.0. The van der Waals surface area contributed by atoms with Crippen LogP contribution in [0.3, 0.4) is 0 Å². The van der Waals surface area contributed by atoms with Crippen LogP contribution in [0.1, 0.15) is 0 Å². The van der Waals surface area contributed by atoms with E-state index in [1.165, 1.54) is 36.7 Å². The lowest BCUT2D eigenvalue weighted by Crippen LogP contribution is -2.50. The number of carbonyl (C=O) groups excluding carboxylic acids is 1. The van der Waals surface area contributed by atoms with Gasteiger partial charge in [-0.25, -0.2) is 23.5 Å². The number of anilines is 2. The van der Waals surface area contributed by atoms with Gasteiger partial charge in [0.05, 0.1) is 11.3 Å². The maximum Gasteiger partial charge on any atom is 0.323 e. The molecule has 0 spiro atoms. The second-order valence-corrected chi connectivity index (χ2v) is 6.35. The number of piperazine rings is 1. The van der Waals surface area contributed by atoms with Gasteiger partial charge in [-0.1, -0.05) is 6.07 Å². The molecule has 3 aromatic rings. The molecule has 1 fully saturated rings. The number of urea groups is 1. The molecule has 0 aliphatic carbocycles. The Morgan fingerprint density at radius 3 is 2.41 bits per heavy atom. The molecule has 29 heavy (non-hydrogen) atoms. The van der Waals surface area contributed by atoms with E-state index in [-0.39, 0.29) is 17.3 Å². The number of hydrogen-bond donors (Lipinski definition) is 1. The van der Waals surface area contributed by atoms with Crippen LogP contribution in [0.25, 0.3) is 11.3 Å². The molecule has 1 saturated heterocycles. The fraction of sp³-hybridized carbons (Fsp3) is 0.211. The van der Waals surface area contributed by atoms with E-state index >= 15 is 0 Å². The average molecular weight is 397 g/mol. The third kappa shape index (κ3) is 4.10. The van der Waals surface area contributed by atoms with E-state index in [0.717, 1.165) is 0 Å². The van der Waals surface area contributed by atoms with Gasteiger partial charge in [0.1, 0.15) is 11.6 Å². The zero-order chi connectivity index (χ0) is 20.2. The average Bonchev–Trinajstić information content (AvgIpc) is 2.75. The number of carbonyl (C=O) groups is 1. The molecule has 0 atom stereocenters. The second-order valence-electron chi connectivity index (χ2n) is 6.35. The maximum absolute atomic E-state index is 14.1. The molecular weight excluding hydrogens is 380 g/mol. The highest BCUT2D eigenvalue weighted by Gasteiger charge is 2.23. The van der Waals surface area contributed by atoms with Crippen molar-refractivity contribution in [1.82, 2.24) is 25.1 Å². The monoisotopic (exact) mass is 397 g/mol. The molecule has 10 heteroatoms. The van der Waals surface area contributed by atoms with Crippen LogP contribution < -0.4 is 10.2 Å². The van der Waals surface area contributed by atoms with Crippen molar-refractivity contribution >= 4 is 17.8 Å². The van der Waals surface area contributed by atoms with Gasteiger partial charge >= 0.3 is 6.03 Å². The molecule has 0 saturated carbocycles. The lowest BCUT2D eigenvalue weighted by Gasteiger charge is -2.34. The smallest absolute Gasteiger partial charge is 0.323 e. The van der Waals surface area contributed by atoms with Gasteiger partial charge in [0, 0.05) is 38.6 Å². The molecule has 4 rings (SSSR count). The van der Waals surface area contributed by atoms with E-state index in [9.17, 15) is 13.6 Å². The van der Waals surface area contributed by atoms with E-state index in [1.807, 2.05) is 4.90 Å². The van der Waals surface area contributed by atoms with Crippen molar-refractivity contribution in [2.45, 2.75) is 0 Å². The molecular formula is C19H17F2N7O. The number of aromatic nitrogens is 4. The van der Waals surface area contributed by atoms with Crippen LogP contribution in [0.4, 0.5) is 25.3 Å². The summed E-state index contributed by atoms with van der Waals surface area (Å²) in [6, 6.07) is 8.22. The number of nitrogens with one attached hydrogen (secondary N) is 1. The highest BCUT2D eigenvalue weighted by atomic mass is 19.1. The molecule has 148 valence electrons. The zero-order valence-corrected chi connectivity index (χ0v) is 15.3. The largest absolute Gasteiger partial charge is 0.337 e. The van der Waals surface area contributed by atoms with Crippen molar-refractivity contribution in [3.8, 4) is 11.3 Å². The van der Waals surface area contributed by atoms with Crippen LogP contribution in [0, 0.1) is 11.6 Å². The quantitative estimate of drug-likeness (QED) is 0.731. The molecule has 0 unspecified atom stereocenters. The predicted octanol–water partition coefficient (Wildman–Crippen LogP) is 2.57. The van der Waals surface area contributed by atoms with Gasteiger partial charge in [0.25, 0.3) is 0 Å². The van der Waals surface area contributed by atoms with Crippen LogP contribution in [-0.2, 0) is 0 Å². The SMILES string of the molecule is O=C(Nc1cccnn1)N1CCN(c2nccc(-c3c(F)cccc3F)n2)CC1. The summed E-state index contributed by atoms with van der Waals surface area (Å²) >= 11 is 0. The minimum atomic E-state index is -0.680. The molecule has 1 N–H and O–H groups in total. The zero-order valence-electron chi connectivity index (χ0n) is 15.3. The maximum atomic E-state index is 14.1. The van der Waals surface area contributed by atoms with Gasteiger partial charge in [-0.15, -0.1) is 5.10 Å². The number of benzene rings is 1. The topological polar surface area (TPSA) is 87.1 Å². The first-order chi connectivity index (χ1) is 14.1. The van der Waals surface area contributed by atoms with Gasteiger partial charge < -0.3 is 9.80 Å². The summed E-state index contributed by atoms with van der Waals surface area (Å²) in [5.74, 6) is -0.623. The Balaban J connectivity index is 1.43. The first kappa shape index (κ1) is 18.7. The molecule has 1 aromatic carbocycles. The van der Waals surface area contributed by atoms with Gasteiger partial charge in [0.15, 0.2) is 5.82 Å². The summed E-state index contributed by atoms with van der Waals surface area (Å²) in [7, 11) is 0. The molecule has 8 nitrogen and oxygen atoms in total. The fourth-order valence-corrected chi connectivity index (χ4v) is 3.05. The Morgan fingerprint density at radius 1 is 0.966 bits per heavy atom. The van der Waals surface area contributed by atoms with Crippen molar-refractivity contribution in [3.05, 3.63) is 60.4 Å². The number of halogens is 2. The summed E-state index contributed by atoms with van der Waals surface area (Å²) in [5.41, 5.74) is -0.00782. The van der Waals surface area contributed by atoms with E-state index in [0.29, 0.717) is 37.9 Å². The van der Waals surface area contributed by atoms with Crippen LogP contribution in [0.2, 0.25) is 0 Å². The van der Waals surface area contributed by atoms with Crippen molar-refractivity contribution < 1.29 is 13.6 Å². The lowest BCUT2D eigenvalue weighted by molar-refractivity contribution is 0.208. The minimum absolute atomic E-state index is 0.174. The Hall–Kier alpha value is -3.69. The number of amides is 2. The van der Waals surface area contributed by atoms with Gasteiger partial charge in [0.2, 0.25) is 5.95 Å². The van der Waals surface area contributed by atoms with Gasteiger partial charge in [-0.2, -0.15) is 5.10 Å². The van der Waals surface area contributed by atoms with Gasteiger partial charge in [-0.05, 0) is 30.3 Å². The standard InChI is InChI=1S/C19H17F2N7O/c20-13-3-1-4-14(21)17(13)15-6-8-22-18(24-15)27-9-11-28(12-10-27)19(29)25-16-5-2-7-23-26-16/h1-8H,9-12H2,(H,25,26,29). The minimum Gasteiger partial charge on any atom is -0.337 e. The molecule has 0 bridgehead atoms. The molecule has 3 heterocycles. The Kier molecular flexibility index (Phi) is 5.23. The third-order valence-corrected chi connectivity index (χ3v) is 4.52. The van der Waals surface area contributed by atoms with E-state index in [2.05, 4.69) is 25.5 Å². The predicted molar refractivity (Wildman–Crippen MR) is 102 cm³/mol. The second kappa shape index (κ2) is 8.13. The van der Waals surface area contributed by atoms with Crippen molar-refractivity contribution in [1.29, 1.82) is 0 Å². The molecule has 1 aliphatic heterocycles. The van der Waals surface area contributed by atoms with Gasteiger partial charge in [-0.3, -0.25) is 5.32 Å². The molecule has 0 radical (unpaired) electrons. The summed E-state index contributed by atoms with van der Waals surface area (Å²) in [4.78, 5) is 24.4. The van der Waals surface area contributed by atoms with E-state index < -0.39 is 11.6 Å². The Morgan fingerprint density at radius 2 is 1.72 bits per heavy atom. The summed E-state index contributed by atoms with van der Waals surface area (Å²) in [6.45, 7) is 1.84.